The summed E-state index contributed by atoms with van der Waals surface area (Å²) in [5.74, 6) is 0. The van der Waals surface area contributed by atoms with E-state index in [0.717, 1.165) is 0 Å². The highest BCUT2D eigenvalue weighted by Crippen LogP contribution is 2.23. The second-order valence-corrected chi connectivity index (χ2v) is 15.7. The lowest BCUT2D eigenvalue weighted by Crippen LogP contribution is -2.48. The summed E-state index contributed by atoms with van der Waals surface area (Å²) in [6.45, 7) is 9.85. The SMILES string of the molecule is C[Si](C)(C[Si](C)(C)n1cccc1)n1cccc1. The first kappa shape index (κ1) is 12.5. The molecule has 0 aliphatic carbocycles. The molecule has 0 aliphatic heterocycles. The minimum atomic E-state index is -1.36. The van der Waals surface area contributed by atoms with Crippen molar-refractivity contribution in [3.8, 4) is 0 Å². The minimum absolute atomic E-state index is 1.36. The highest BCUT2D eigenvalue weighted by atomic mass is 28.4. The van der Waals surface area contributed by atoms with Crippen LogP contribution in [0.1, 0.15) is 0 Å². The summed E-state index contributed by atoms with van der Waals surface area (Å²) in [6.07, 6.45) is 8.91. The van der Waals surface area contributed by atoms with Gasteiger partial charge in [0.05, 0.1) is 0 Å². The van der Waals surface area contributed by atoms with E-state index in [4.69, 9.17) is 0 Å². The summed E-state index contributed by atoms with van der Waals surface area (Å²) >= 11 is 0. The Kier molecular flexibility index (Phi) is 3.18. The van der Waals surface area contributed by atoms with Gasteiger partial charge >= 0.3 is 0 Å². The molecule has 92 valence electrons. The second-order valence-electron chi connectivity index (χ2n) is 5.98. The van der Waals surface area contributed by atoms with Crippen LogP contribution in [0.2, 0.25) is 31.9 Å². The molecule has 2 nitrogen and oxygen atoms in total. The van der Waals surface area contributed by atoms with Crippen LogP contribution in [0.4, 0.5) is 0 Å². The maximum Gasteiger partial charge on any atom is 0.154 e. The third kappa shape index (κ3) is 2.64. The molecule has 2 aromatic rings. The van der Waals surface area contributed by atoms with Crippen molar-refractivity contribution < 1.29 is 0 Å². The van der Waals surface area contributed by atoms with E-state index in [1.54, 1.807) is 0 Å². The van der Waals surface area contributed by atoms with E-state index in [-0.39, 0.29) is 0 Å². The van der Waals surface area contributed by atoms with Crippen LogP contribution in [-0.2, 0) is 0 Å². The third-order valence-electron chi connectivity index (χ3n) is 3.47. The van der Waals surface area contributed by atoms with Gasteiger partial charge in [-0.2, -0.15) is 0 Å². The van der Waals surface area contributed by atoms with Gasteiger partial charge in [0.15, 0.2) is 16.5 Å². The van der Waals surface area contributed by atoms with Gasteiger partial charge in [-0.25, -0.2) is 0 Å². The lowest BCUT2D eigenvalue weighted by molar-refractivity contribution is 1.09. The fraction of sp³-hybridized carbons (Fsp3) is 0.385. The van der Waals surface area contributed by atoms with Gasteiger partial charge in [0.2, 0.25) is 0 Å². The summed E-state index contributed by atoms with van der Waals surface area (Å²) in [4.78, 5) is 0. The van der Waals surface area contributed by atoms with Crippen molar-refractivity contribution in [1.29, 1.82) is 0 Å². The van der Waals surface area contributed by atoms with Gasteiger partial charge in [-0.1, -0.05) is 26.2 Å². The Morgan fingerprint density at radius 1 is 0.647 bits per heavy atom. The Morgan fingerprint density at radius 3 is 1.24 bits per heavy atom. The average molecular weight is 263 g/mol. The zero-order valence-corrected chi connectivity index (χ0v) is 13.2. The van der Waals surface area contributed by atoms with Crippen molar-refractivity contribution in [1.82, 2.24) is 8.47 Å². The Labute approximate surface area is 106 Å². The molecule has 4 heteroatoms. The smallest absolute Gasteiger partial charge is 0.154 e. The Hall–Kier alpha value is -1.01. The first-order valence-electron chi connectivity index (χ1n) is 6.19. The number of rotatable bonds is 4. The van der Waals surface area contributed by atoms with Crippen LogP contribution in [0.3, 0.4) is 0 Å². The van der Waals surface area contributed by atoms with E-state index in [9.17, 15) is 0 Å². The van der Waals surface area contributed by atoms with E-state index in [1.165, 1.54) is 5.67 Å². The number of aromatic nitrogens is 2. The van der Waals surface area contributed by atoms with E-state index in [1.807, 2.05) is 0 Å². The molecule has 0 saturated carbocycles. The van der Waals surface area contributed by atoms with Gasteiger partial charge in [0.1, 0.15) is 0 Å². The monoisotopic (exact) mass is 262 g/mol. The van der Waals surface area contributed by atoms with Gasteiger partial charge in [-0.15, -0.1) is 0 Å². The van der Waals surface area contributed by atoms with Crippen LogP contribution in [0.15, 0.2) is 49.1 Å². The molecule has 0 atom stereocenters. The maximum absolute atomic E-state index is 2.46. The molecular formula is C13H22N2Si2. The van der Waals surface area contributed by atoms with Crippen molar-refractivity contribution in [3.05, 3.63) is 49.1 Å². The first-order chi connectivity index (χ1) is 7.92. The fourth-order valence-electron chi connectivity index (χ4n) is 2.72. The third-order valence-corrected chi connectivity index (χ3v) is 13.8. The largest absolute Gasteiger partial charge is 0.381 e. The number of hydrogen-bond acceptors (Lipinski definition) is 0. The van der Waals surface area contributed by atoms with Crippen molar-refractivity contribution in [2.75, 3.05) is 0 Å². The second kappa shape index (κ2) is 4.35. The molecule has 0 radical (unpaired) electrons. The van der Waals surface area contributed by atoms with Crippen molar-refractivity contribution in [3.63, 3.8) is 0 Å². The minimum Gasteiger partial charge on any atom is -0.381 e. The predicted octanol–water partition coefficient (Wildman–Crippen LogP) is 3.64. The van der Waals surface area contributed by atoms with Gasteiger partial charge in [0.25, 0.3) is 0 Å². The Balaban J connectivity index is 2.21. The van der Waals surface area contributed by atoms with Gasteiger partial charge in [0, 0.05) is 0 Å². The van der Waals surface area contributed by atoms with Crippen molar-refractivity contribution in [2.24, 2.45) is 0 Å². The standard InChI is InChI=1S/C13H22N2Si2/c1-16(2,14-9-5-6-10-14)13-17(3,4)15-11-7-8-12-15/h5-12H,13H2,1-4H3. The lowest BCUT2D eigenvalue weighted by atomic mass is 10.7. The molecule has 0 aliphatic rings. The van der Waals surface area contributed by atoms with Crippen molar-refractivity contribution >= 4 is 16.5 Å². The van der Waals surface area contributed by atoms with Gasteiger partial charge < -0.3 is 8.47 Å². The van der Waals surface area contributed by atoms with E-state index in [2.05, 4.69) is 83.7 Å². The highest BCUT2D eigenvalue weighted by molar-refractivity contribution is 6.93. The molecule has 0 unspecified atom stereocenters. The molecule has 0 fully saturated rings. The number of hydrogen-bond donors (Lipinski definition) is 0. The van der Waals surface area contributed by atoms with Crippen molar-refractivity contribution in [2.45, 2.75) is 31.9 Å². The van der Waals surface area contributed by atoms with Gasteiger partial charge in [-0.05, 0) is 54.7 Å². The van der Waals surface area contributed by atoms with E-state index >= 15 is 0 Å². The molecule has 0 amide bonds. The lowest BCUT2D eigenvalue weighted by Gasteiger charge is -2.34. The zero-order valence-electron chi connectivity index (χ0n) is 11.2. The molecule has 2 aromatic heterocycles. The summed E-state index contributed by atoms with van der Waals surface area (Å²) in [5, 5.41) is 0. The highest BCUT2D eigenvalue weighted by Gasteiger charge is 2.34. The van der Waals surface area contributed by atoms with Crippen LogP contribution < -0.4 is 0 Å². The molecule has 2 heterocycles. The quantitative estimate of drug-likeness (QED) is 0.745. The molecular weight excluding hydrogens is 240 g/mol. The van der Waals surface area contributed by atoms with Crippen LogP contribution in [-0.4, -0.2) is 24.9 Å². The number of nitrogens with zero attached hydrogens (tertiary/aromatic N) is 2. The fourth-order valence-corrected chi connectivity index (χ4v) is 14.6. The zero-order chi connectivity index (χ0) is 12.5. The first-order valence-corrected chi connectivity index (χ1v) is 12.5. The van der Waals surface area contributed by atoms with Crippen LogP contribution in [0, 0.1) is 0 Å². The molecule has 0 bridgehead atoms. The van der Waals surface area contributed by atoms with Gasteiger partial charge in [-0.3, -0.25) is 0 Å². The predicted molar refractivity (Wildman–Crippen MR) is 79.4 cm³/mol. The molecule has 2 rings (SSSR count). The van der Waals surface area contributed by atoms with Crippen LogP contribution >= 0.6 is 0 Å². The topological polar surface area (TPSA) is 9.86 Å². The normalized spacial score (nSPS) is 12.9. The summed E-state index contributed by atoms with van der Waals surface area (Å²) in [6, 6.07) is 8.55. The summed E-state index contributed by atoms with van der Waals surface area (Å²) < 4.78 is 4.93. The maximum atomic E-state index is 2.46. The molecule has 0 saturated heterocycles. The molecule has 17 heavy (non-hydrogen) atoms. The summed E-state index contributed by atoms with van der Waals surface area (Å²) in [5.41, 5.74) is 1.36. The molecule has 0 spiro atoms. The Morgan fingerprint density at radius 2 is 0.941 bits per heavy atom. The summed E-state index contributed by atoms with van der Waals surface area (Å²) in [7, 11) is -2.72. The Bertz CT molecular complexity index is 411. The molecule has 0 N–H and O–H groups in total. The van der Waals surface area contributed by atoms with Crippen LogP contribution in [0.25, 0.3) is 0 Å². The van der Waals surface area contributed by atoms with E-state index in [0.29, 0.717) is 0 Å². The molecule has 0 aromatic carbocycles. The van der Waals surface area contributed by atoms with E-state index < -0.39 is 16.5 Å². The average Bonchev–Trinajstić information content (AvgIpc) is 2.91. The van der Waals surface area contributed by atoms with Crippen LogP contribution in [0.5, 0.6) is 0 Å².